The van der Waals surface area contributed by atoms with Crippen molar-refractivity contribution < 1.29 is 18.7 Å². The molecule has 0 atom stereocenters. The van der Waals surface area contributed by atoms with Crippen molar-refractivity contribution >= 4 is 33.5 Å². The number of fused-ring (bicyclic) bond motifs is 2. The van der Waals surface area contributed by atoms with E-state index < -0.39 is 5.91 Å². The highest BCUT2D eigenvalue weighted by molar-refractivity contribution is 7.16. The van der Waals surface area contributed by atoms with Crippen molar-refractivity contribution in [3.8, 4) is 11.5 Å². The second-order valence-electron chi connectivity index (χ2n) is 5.77. The fourth-order valence-electron chi connectivity index (χ4n) is 2.79. The summed E-state index contributed by atoms with van der Waals surface area (Å²) in [5.41, 5.74) is 1.22. The van der Waals surface area contributed by atoms with Crippen molar-refractivity contribution in [3.63, 3.8) is 0 Å². The van der Waals surface area contributed by atoms with Crippen LogP contribution >= 0.6 is 11.3 Å². The lowest BCUT2D eigenvalue weighted by atomic mass is 10.2. The number of hydrogen-bond acceptors (Lipinski definition) is 4. The molecule has 0 saturated carbocycles. The van der Waals surface area contributed by atoms with Crippen LogP contribution in [0.15, 0.2) is 60.1 Å². The quantitative estimate of drug-likeness (QED) is 0.508. The lowest BCUT2D eigenvalue weighted by Gasteiger charge is -2.01. The molecule has 3 aromatic rings. The minimum absolute atomic E-state index is 0.197. The molecule has 1 aliphatic heterocycles. The summed E-state index contributed by atoms with van der Waals surface area (Å²) in [6.07, 6.45) is 4.67. The topological polar surface area (TPSA) is 52.8 Å². The van der Waals surface area contributed by atoms with E-state index in [1.54, 1.807) is 41.0 Å². The predicted molar refractivity (Wildman–Crippen MR) is 102 cm³/mol. The molecule has 0 bridgehead atoms. The zero-order valence-electron chi connectivity index (χ0n) is 14.2. The number of hydrogen-bond donors (Lipinski definition) is 0. The van der Waals surface area contributed by atoms with Gasteiger partial charge in [0.25, 0.3) is 5.91 Å². The average Bonchev–Trinajstić information content (AvgIpc) is 3.25. The Hall–Kier alpha value is -3.19. The van der Waals surface area contributed by atoms with Gasteiger partial charge < -0.3 is 14.0 Å². The molecule has 1 amide bonds. The van der Waals surface area contributed by atoms with Crippen LogP contribution in [0.25, 0.3) is 16.3 Å². The zero-order chi connectivity index (χ0) is 18.8. The van der Waals surface area contributed by atoms with Gasteiger partial charge in [0, 0.05) is 12.6 Å². The number of carbonyl (C=O) groups is 1. The summed E-state index contributed by atoms with van der Waals surface area (Å²) in [6.45, 7) is 4.25. The normalized spacial score (nSPS) is 13.6. The minimum atomic E-state index is -0.433. The number of para-hydroxylation sites is 1. The number of benzene rings is 2. The largest absolute Gasteiger partial charge is 0.454 e. The van der Waals surface area contributed by atoms with Gasteiger partial charge in [-0.25, -0.2) is 4.39 Å². The Balaban J connectivity index is 1.66. The van der Waals surface area contributed by atoms with Crippen molar-refractivity contribution in [2.45, 2.75) is 6.54 Å². The van der Waals surface area contributed by atoms with Crippen molar-refractivity contribution in [2.24, 2.45) is 4.99 Å². The van der Waals surface area contributed by atoms with E-state index in [4.69, 9.17) is 9.47 Å². The Morgan fingerprint density at radius 1 is 1.30 bits per heavy atom. The van der Waals surface area contributed by atoms with E-state index in [1.165, 1.54) is 23.5 Å². The molecule has 136 valence electrons. The van der Waals surface area contributed by atoms with Crippen LogP contribution in [-0.4, -0.2) is 17.3 Å². The van der Waals surface area contributed by atoms with Crippen LogP contribution in [-0.2, 0) is 11.3 Å². The van der Waals surface area contributed by atoms with E-state index in [2.05, 4.69) is 11.6 Å². The highest BCUT2D eigenvalue weighted by Crippen LogP contribution is 2.32. The first-order chi connectivity index (χ1) is 13.2. The molecule has 0 radical (unpaired) electrons. The number of halogens is 1. The average molecular weight is 382 g/mol. The maximum atomic E-state index is 14.2. The Morgan fingerprint density at radius 3 is 3.00 bits per heavy atom. The predicted octanol–water partition coefficient (Wildman–Crippen LogP) is 3.90. The van der Waals surface area contributed by atoms with Crippen LogP contribution in [0.1, 0.15) is 5.56 Å². The van der Waals surface area contributed by atoms with E-state index in [0.29, 0.717) is 28.4 Å². The van der Waals surface area contributed by atoms with Gasteiger partial charge in [0.15, 0.2) is 16.3 Å². The maximum Gasteiger partial charge on any atom is 0.272 e. The van der Waals surface area contributed by atoms with E-state index in [9.17, 15) is 9.18 Å². The molecule has 0 saturated heterocycles. The SMILES string of the molecule is C=CCn1c(=NC(=O)/C=C\c2ccc3c(c2)OCO3)sc2cccc(F)c21. The molecule has 0 aliphatic carbocycles. The summed E-state index contributed by atoms with van der Waals surface area (Å²) in [7, 11) is 0. The van der Waals surface area contributed by atoms with Crippen LogP contribution < -0.4 is 14.3 Å². The van der Waals surface area contributed by atoms with Crippen molar-refractivity contribution in [3.05, 3.63) is 71.3 Å². The Kier molecular flexibility index (Phi) is 4.60. The van der Waals surface area contributed by atoms with Crippen LogP contribution in [0.3, 0.4) is 0 Å². The summed E-state index contributed by atoms with van der Waals surface area (Å²) in [6, 6.07) is 10.2. The Morgan fingerprint density at radius 2 is 2.15 bits per heavy atom. The first-order valence-electron chi connectivity index (χ1n) is 8.21. The lowest BCUT2D eigenvalue weighted by Crippen LogP contribution is -2.16. The standard InChI is InChI=1S/C20H15FN2O3S/c1-2-10-23-19-14(21)4-3-5-17(19)27-20(23)22-18(24)9-7-13-6-8-15-16(11-13)26-12-25-15/h2-9,11H,1,10,12H2/b9-7-,22-20?. The molecule has 2 aromatic carbocycles. The molecule has 1 aliphatic rings. The van der Waals surface area contributed by atoms with Gasteiger partial charge in [-0.3, -0.25) is 4.79 Å². The third-order valence-electron chi connectivity index (χ3n) is 3.98. The van der Waals surface area contributed by atoms with Crippen LogP contribution in [0.4, 0.5) is 4.39 Å². The zero-order valence-corrected chi connectivity index (χ0v) is 15.0. The first kappa shape index (κ1) is 17.2. The van der Waals surface area contributed by atoms with Gasteiger partial charge in [0.2, 0.25) is 6.79 Å². The lowest BCUT2D eigenvalue weighted by molar-refractivity contribution is -0.113. The number of ether oxygens (including phenoxy) is 2. The van der Waals surface area contributed by atoms with Crippen molar-refractivity contribution in [2.75, 3.05) is 6.79 Å². The molecular weight excluding hydrogens is 367 g/mol. The highest BCUT2D eigenvalue weighted by atomic mass is 32.1. The molecule has 0 spiro atoms. The van der Waals surface area contributed by atoms with Gasteiger partial charge in [-0.2, -0.15) is 4.99 Å². The molecule has 7 heteroatoms. The first-order valence-corrected chi connectivity index (χ1v) is 9.02. The molecular formula is C20H15FN2O3S. The molecule has 0 fully saturated rings. The van der Waals surface area contributed by atoms with E-state index >= 15 is 0 Å². The monoisotopic (exact) mass is 382 g/mol. The number of thiazole rings is 1. The summed E-state index contributed by atoms with van der Waals surface area (Å²) >= 11 is 1.26. The molecule has 4 rings (SSSR count). The number of rotatable bonds is 4. The fourth-order valence-corrected chi connectivity index (χ4v) is 3.85. The number of carbonyl (C=O) groups excluding carboxylic acids is 1. The smallest absolute Gasteiger partial charge is 0.272 e. The Labute approximate surface area is 158 Å². The number of amides is 1. The van der Waals surface area contributed by atoms with Crippen LogP contribution in [0.5, 0.6) is 11.5 Å². The molecule has 0 N–H and O–H groups in total. The van der Waals surface area contributed by atoms with Crippen LogP contribution in [0, 0.1) is 5.82 Å². The number of nitrogens with zero attached hydrogens (tertiary/aromatic N) is 2. The van der Waals surface area contributed by atoms with Gasteiger partial charge in [0.1, 0.15) is 5.82 Å². The van der Waals surface area contributed by atoms with Gasteiger partial charge in [0.05, 0.1) is 10.2 Å². The molecule has 0 unspecified atom stereocenters. The highest BCUT2D eigenvalue weighted by Gasteiger charge is 2.13. The van der Waals surface area contributed by atoms with E-state index in [1.807, 2.05) is 6.07 Å². The molecule has 5 nitrogen and oxygen atoms in total. The van der Waals surface area contributed by atoms with E-state index in [-0.39, 0.29) is 12.6 Å². The summed E-state index contributed by atoms with van der Waals surface area (Å²) in [5, 5.41) is 0. The number of allylic oxidation sites excluding steroid dienone is 1. The second kappa shape index (κ2) is 7.20. The van der Waals surface area contributed by atoms with Gasteiger partial charge in [-0.15, -0.1) is 6.58 Å². The van der Waals surface area contributed by atoms with Gasteiger partial charge in [-0.05, 0) is 35.9 Å². The summed E-state index contributed by atoms with van der Waals surface area (Å²) in [5.74, 6) is 0.541. The second-order valence-corrected chi connectivity index (χ2v) is 6.78. The Bertz CT molecular complexity index is 1140. The van der Waals surface area contributed by atoms with Crippen molar-refractivity contribution in [1.82, 2.24) is 4.57 Å². The van der Waals surface area contributed by atoms with Crippen molar-refractivity contribution in [1.29, 1.82) is 0 Å². The summed E-state index contributed by atoms with van der Waals surface area (Å²) < 4.78 is 27.1. The maximum absolute atomic E-state index is 14.2. The number of aromatic nitrogens is 1. The molecule has 1 aromatic heterocycles. The molecule has 27 heavy (non-hydrogen) atoms. The third kappa shape index (κ3) is 3.41. The fraction of sp³-hybridized carbons (Fsp3) is 0.100. The third-order valence-corrected chi connectivity index (χ3v) is 5.03. The van der Waals surface area contributed by atoms with E-state index in [0.717, 1.165) is 10.3 Å². The summed E-state index contributed by atoms with van der Waals surface area (Å²) in [4.78, 5) is 16.9. The van der Waals surface area contributed by atoms with Crippen LogP contribution in [0.2, 0.25) is 0 Å². The van der Waals surface area contributed by atoms with Gasteiger partial charge in [-0.1, -0.05) is 29.5 Å². The van der Waals surface area contributed by atoms with Gasteiger partial charge >= 0.3 is 0 Å². The molecule has 2 heterocycles. The minimum Gasteiger partial charge on any atom is -0.454 e.